The van der Waals surface area contributed by atoms with E-state index in [1.807, 2.05) is 12.1 Å². The molecule has 0 N–H and O–H groups in total. The first-order valence-corrected chi connectivity index (χ1v) is 6.48. The van der Waals surface area contributed by atoms with E-state index in [-0.39, 0.29) is 0 Å². The first kappa shape index (κ1) is 13.5. The highest BCUT2D eigenvalue weighted by atomic mass is 14.2. The molecular weight excluding hydrogens is 206 g/mol. The zero-order valence-corrected chi connectivity index (χ0v) is 10.6. The van der Waals surface area contributed by atoms with Gasteiger partial charge in [0.05, 0.1) is 6.07 Å². The molecule has 0 heterocycles. The van der Waals surface area contributed by atoms with Gasteiger partial charge >= 0.3 is 0 Å². The Morgan fingerprint density at radius 1 is 1.24 bits per heavy atom. The maximum Gasteiger partial charge on any atom is 0.0908 e. The molecule has 0 fully saturated rings. The van der Waals surface area contributed by atoms with E-state index in [2.05, 4.69) is 37.3 Å². The van der Waals surface area contributed by atoms with Gasteiger partial charge in [0.2, 0.25) is 0 Å². The molecule has 0 aromatic heterocycles. The molecule has 0 saturated carbocycles. The van der Waals surface area contributed by atoms with E-state index in [1.54, 1.807) is 6.08 Å². The van der Waals surface area contributed by atoms with Crippen molar-refractivity contribution < 1.29 is 0 Å². The Balaban J connectivity index is 2.55. The van der Waals surface area contributed by atoms with Crippen LogP contribution in [0.3, 0.4) is 0 Å². The summed E-state index contributed by atoms with van der Waals surface area (Å²) in [6.07, 6.45) is 9.47. The number of benzene rings is 1. The number of hydrogen-bond acceptors (Lipinski definition) is 1. The normalized spacial score (nSPS) is 12.5. The van der Waals surface area contributed by atoms with Gasteiger partial charge in [-0.25, -0.2) is 0 Å². The van der Waals surface area contributed by atoms with E-state index in [0.29, 0.717) is 5.92 Å². The number of hydrogen-bond donors (Lipinski definition) is 0. The second-order valence-corrected chi connectivity index (χ2v) is 4.36. The molecule has 0 saturated heterocycles. The average molecular weight is 227 g/mol. The van der Waals surface area contributed by atoms with Crippen LogP contribution in [-0.4, -0.2) is 0 Å². The Hall–Kier alpha value is -1.55. The zero-order chi connectivity index (χ0) is 12.3. The molecule has 1 nitrogen and oxygen atoms in total. The number of unbranched alkanes of at least 4 members (excludes halogenated alkanes) is 1. The summed E-state index contributed by atoms with van der Waals surface area (Å²) >= 11 is 0. The second-order valence-electron chi connectivity index (χ2n) is 4.36. The van der Waals surface area contributed by atoms with Crippen LogP contribution in [0.4, 0.5) is 0 Å². The minimum absolute atomic E-state index is 0.638. The van der Waals surface area contributed by atoms with Gasteiger partial charge < -0.3 is 0 Å². The number of nitriles is 1. The molecule has 1 unspecified atom stereocenters. The lowest BCUT2D eigenvalue weighted by molar-refractivity contribution is 0.552. The van der Waals surface area contributed by atoms with Crippen LogP contribution in [-0.2, 0) is 0 Å². The Kier molecular flexibility index (Phi) is 6.82. The fraction of sp³-hybridized carbons (Fsp3) is 0.438. The molecule has 0 radical (unpaired) electrons. The molecule has 1 rings (SSSR count). The Morgan fingerprint density at radius 2 is 2.00 bits per heavy atom. The second kappa shape index (κ2) is 8.58. The summed E-state index contributed by atoms with van der Waals surface area (Å²) in [4.78, 5) is 0. The van der Waals surface area contributed by atoms with Gasteiger partial charge in [0, 0.05) is 6.08 Å². The fourth-order valence-corrected chi connectivity index (χ4v) is 2.09. The molecule has 1 atom stereocenters. The summed E-state index contributed by atoms with van der Waals surface area (Å²) in [5.74, 6) is 0.638. The molecule has 90 valence electrons. The van der Waals surface area contributed by atoms with Gasteiger partial charge in [0.25, 0.3) is 0 Å². The van der Waals surface area contributed by atoms with Crippen molar-refractivity contribution in [3.05, 3.63) is 48.0 Å². The minimum Gasteiger partial charge on any atom is -0.193 e. The third-order valence-corrected chi connectivity index (χ3v) is 3.05. The Bertz CT molecular complexity index is 359. The van der Waals surface area contributed by atoms with E-state index in [0.717, 1.165) is 12.8 Å². The van der Waals surface area contributed by atoms with E-state index in [1.165, 1.54) is 24.8 Å². The van der Waals surface area contributed by atoms with Crippen LogP contribution >= 0.6 is 0 Å². The summed E-state index contributed by atoms with van der Waals surface area (Å²) in [5.41, 5.74) is 1.44. The summed E-state index contributed by atoms with van der Waals surface area (Å²) in [7, 11) is 0. The van der Waals surface area contributed by atoms with E-state index in [4.69, 9.17) is 5.26 Å². The molecule has 1 heteroatoms. The van der Waals surface area contributed by atoms with Crippen LogP contribution in [0, 0.1) is 11.3 Å². The van der Waals surface area contributed by atoms with Gasteiger partial charge in [0.15, 0.2) is 0 Å². The van der Waals surface area contributed by atoms with Crippen molar-refractivity contribution in [3.63, 3.8) is 0 Å². The Morgan fingerprint density at radius 3 is 2.65 bits per heavy atom. The number of nitrogens with zero attached hydrogens (tertiary/aromatic N) is 1. The van der Waals surface area contributed by atoms with Gasteiger partial charge in [-0.3, -0.25) is 0 Å². The molecular formula is C16H21N. The molecule has 1 aromatic carbocycles. The van der Waals surface area contributed by atoms with E-state index >= 15 is 0 Å². The monoisotopic (exact) mass is 227 g/mol. The van der Waals surface area contributed by atoms with Gasteiger partial charge in [-0.15, -0.1) is 0 Å². The maximum atomic E-state index is 8.45. The van der Waals surface area contributed by atoms with Crippen LogP contribution in [0.15, 0.2) is 42.5 Å². The molecule has 17 heavy (non-hydrogen) atoms. The third-order valence-electron chi connectivity index (χ3n) is 3.05. The quantitative estimate of drug-likeness (QED) is 0.612. The van der Waals surface area contributed by atoms with Gasteiger partial charge in [-0.1, -0.05) is 56.2 Å². The highest BCUT2D eigenvalue weighted by Crippen LogP contribution is 2.26. The van der Waals surface area contributed by atoms with Crippen molar-refractivity contribution in [2.45, 2.75) is 44.9 Å². The number of rotatable bonds is 7. The van der Waals surface area contributed by atoms with Crippen LogP contribution in [0.25, 0.3) is 0 Å². The highest BCUT2D eigenvalue weighted by molar-refractivity contribution is 5.19. The van der Waals surface area contributed by atoms with E-state index < -0.39 is 0 Å². The van der Waals surface area contributed by atoms with Crippen molar-refractivity contribution in [1.29, 1.82) is 5.26 Å². The van der Waals surface area contributed by atoms with Gasteiger partial charge in [0.1, 0.15) is 0 Å². The highest BCUT2D eigenvalue weighted by Gasteiger charge is 2.09. The zero-order valence-electron chi connectivity index (χ0n) is 10.6. The maximum absolute atomic E-state index is 8.45. The molecule has 0 aliphatic heterocycles. The molecule has 0 aliphatic rings. The molecule has 0 bridgehead atoms. The Labute approximate surface area is 105 Å². The van der Waals surface area contributed by atoms with Crippen molar-refractivity contribution in [2.24, 2.45) is 0 Å². The van der Waals surface area contributed by atoms with Crippen LogP contribution in [0.2, 0.25) is 0 Å². The van der Waals surface area contributed by atoms with Gasteiger partial charge in [-0.2, -0.15) is 5.26 Å². The largest absolute Gasteiger partial charge is 0.193 e. The van der Waals surface area contributed by atoms with Gasteiger partial charge in [-0.05, 0) is 30.7 Å². The molecule has 0 spiro atoms. The first-order chi connectivity index (χ1) is 8.38. The average Bonchev–Trinajstić information content (AvgIpc) is 2.39. The SMILES string of the molecule is CCCCC(CC/C=C/C#N)c1ccccc1. The van der Waals surface area contributed by atoms with Crippen molar-refractivity contribution in [2.75, 3.05) is 0 Å². The van der Waals surface area contributed by atoms with Crippen LogP contribution < -0.4 is 0 Å². The minimum atomic E-state index is 0.638. The predicted molar refractivity (Wildman–Crippen MR) is 72.7 cm³/mol. The van der Waals surface area contributed by atoms with Crippen molar-refractivity contribution in [1.82, 2.24) is 0 Å². The third kappa shape index (κ3) is 5.36. The summed E-state index contributed by atoms with van der Waals surface area (Å²) in [6, 6.07) is 12.8. The van der Waals surface area contributed by atoms with Crippen molar-refractivity contribution >= 4 is 0 Å². The lowest BCUT2D eigenvalue weighted by Crippen LogP contribution is -1.98. The lowest BCUT2D eigenvalue weighted by atomic mass is 9.89. The molecule has 0 aliphatic carbocycles. The molecule has 1 aromatic rings. The molecule has 0 amide bonds. The smallest absolute Gasteiger partial charge is 0.0908 e. The van der Waals surface area contributed by atoms with Crippen LogP contribution in [0.5, 0.6) is 0 Å². The van der Waals surface area contributed by atoms with Crippen molar-refractivity contribution in [3.8, 4) is 6.07 Å². The fourth-order valence-electron chi connectivity index (χ4n) is 2.09. The number of allylic oxidation sites excluding steroid dienone is 2. The summed E-state index contributed by atoms with van der Waals surface area (Å²) in [6.45, 7) is 2.23. The summed E-state index contributed by atoms with van der Waals surface area (Å²) in [5, 5.41) is 8.45. The lowest BCUT2D eigenvalue weighted by Gasteiger charge is -2.16. The van der Waals surface area contributed by atoms with E-state index in [9.17, 15) is 0 Å². The topological polar surface area (TPSA) is 23.8 Å². The summed E-state index contributed by atoms with van der Waals surface area (Å²) < 4.78 is 0. The first-order valence-electron chi connectivity index (χ1n) is 6.48. The van der Waals surface area contributed by atoms with Crippen LogP contribution in [0.1, 0.15) is 50.5 Å². The predicted octanol–water partition coefficient (Wildman–Crippen LogP) is 4.82. The standard InChI is InChI=1S/C16H21N/c1-2-3-10-15(13-8-5-9-14-17)16-11-6-4-7-12-16/h4-7,9,11-12,15H,2-3,8,10,13H2,1H3/b9-5+.